The molecule has 0 aromatic heterocycles. The molecule has 33 heavy (non-hydrogen) atoms. The second-order valence-electron chi connectivity index (χ2n) is 8.50. The normalized spacial score (nSPS) is 21.2. The number of allylic oxidation sites excluding steroid dienone is 3. The van der Waals surface area contributed by atoms with Crippen LogP contribution in [0, 0.1) is 12.8 Å². The molecule has 0 radical (unpaired) electrons. The Labute approximate surface area is 197 Å². The smallest absolute Gasteiger partial charge is 0.264 e. The molecule has 1 aliphatic rings. The fourth-order valence-corrected chi connectivity index (χ4v) is 6.62. The third kappa shape index (κ3) is 6.34. The van der Waals surface area contributed by atoms with Crippen LogP contribution in [0.3, 0.4) is 0 Å². The molecule has 2 aromatic rings. The number of methoxy groups -OCH3 is 1. The van der Waals surface area contributed by atoms with Crippen LogP contribution in [0.15, 0.2) is 75.5 Å². The predicted octanol–water partition coefficient (Wildman–Crippen LogP) is 5.37. The van der Waals surface area contributed by atoms with Crippen LogP contribution in [-0.4, -0.2) is 38.4 Å². The molecule has 3 atom stereocenters. The topological polar surface area (TPSA) is 82.0 Å². The molecule has 0 aliphatic carbocycles. The summed E-state index contributed by atoms with van der Waals surface area (Å²) in [6, 6.07) is 13.1. The number of benzene rings is 2. The van der Waals surface area contributed by atoms with Gasteiger partial charge in [0.25, 0.3) is 10.1 Å². The van der Waals surface area contributed by atoms with Crippen LogP contribution in [0.25, 0.3) is 0 Å². The van der Waals surface area contributed by atoms with E-state index >= 15 is 0 Å². The van der Waals surface area contributed by atoms with Gasteiger partial charge in [0, 0.05) is 22.5 Å². The van der Waals surface area contributed by atoms with Crippen molar-refractivity contribution in [2.45, 2.75) is 31.6 Å². The van der Waals surface area contributed by atoms with E-state index in [0.717, 1.165) is 23.0 Å². The molecular weight excluding hydrogens is 458 g/mol. The molecule has 2 aromatic carbocycles. The summed E-state index contributed by atoms with van der Waals surface area (Å²) in [5, 5.41) is 0. The lowest BCUT2D eigenvalue weighted by Gasteiger charge is -2.32. The molecule has 3 rings (SSSR count). The Morgan fingerprint density at radius 1 is 1.24 bits per heavy atom. The zero-order valence-corrected chi connectivity index (χ0v) is 21.3. The maximum absolute atomic E-state index is 14.2. The van der Waals surface area contributed by atoms with Crippen LogP contribution in [-0.2, 0) is 24.0 Å². The predicted molar refractivity (Wildman–Crippen MR) is 133 cm³/mol. The van der Waals surface area contributed by atoms with E-state index in [2.05, 4.69) is 0 Å². The minimum absolute atomic E-state index is 0.0589. The van der Waals surface area contributed by atoms with E-state index in [-0.39, 0.29) is 24.2 Å². The number of hydrogen-bond acceptors (Lipinski definition) is 6. The van der Waals surface area contributed by atoms with Gasteiger partial charge in [0.2, 0.25) is 0 Å². The Kier molecular flexibility index (Phi) is 7.82. The zero-order valence-electron chi connectivity index (χ0n) is 19.6. The number of nitrogens with zero attached hydrogens (tertiary/aromatic N) is 1. The first kappa shape index (κ1) is 25.2. The van der Waals surface area contributed by atoms with Crippen molar-refractivity contribution in [3.8, 4) is 5.75 Å². The molecule has 0 unspecified atom stereocenters. The first-order valence-corrected chi connectivity index (χ1v) is 14.2. The van der Waals surface area contributed by atoms with Gasteiger partial charge in [-0.25, -0.2) is 4.21 Å². The summed E-state index contributed by atoms with van der Waals surface area (Å²) in [5.74, 6) is 0.158. The van der Waals surface area contributed by atoms with Crippen molar-refractivity contribution < 1.29 is 21.5 Å². The zero-order chi connectivity index (χ0) is 24.2. The van der Waals surface area contributed by atoms with Crippen LogP contribution in [0.1, 0.15) is 30.9 Å². The van der Waals surface area contributed by atoms with Crippen molar-refractivity contribution in [3.05, 3.63) is 77.4 Å². The first-order chi connectivity index (χ1) is 15.5. The highest BCUT2D eigenvalue weighted by Gasteiger charge is 2.35. The summed E-state index contributed by atoms with van der Waals surface area (Å²) in [4.78, 5) is 0.638. The number of hydrogen-bond donors (Lipinski definition) is 0. The molecule has 178 valence electrons. The Hall–Kier alpha value is -2.42. The molecule has 0 bridgehead atoms. The average molecular weight is 490 g/mol. The Morgan fingerprint density at radius 3 is 2.55 bits per heavy atom. The van der Waals surface area contributed by atoms with Gasteiger partial charge in [0.05, 0.1) is 29.7 Å². The van der Waals surface area contributed by atoms with Gasteiger partial charge in [0.1, 0.15) is 11.4 Å². The average Bonchev–Trinajstić information content (AvgIpc) is 2.75. The van der Waals surface area contributed by atoms with E-state index in [1.807, 2.05) is 81.5 Å². The highest BCUT2D eigenvalue weighted by Crippen LogP contribution is 2.46. The molecule has 1 heterocycles. The fourth-order valence-electron chi connectivity index (χ4n) is 3.86. The van der Waals surface area contributed by atoms with Crippen LogP contribution < -0.4 is 4.74 Å². The van der Waals surface area contributed by atoms with E-state index in [0.29, 0.717) is 16.3 Å². The van der Waals surface area contributed by atoms with Crippen LogP contribution in [0.2, 0.25) is 0 Å². The number of fused-ring (bicyclic) bond motifs is 1. The van der Waals surface area contributed by atoms with Gasteiger partial charge in [0.15, 0.2) is 0 Å². The van der Waals surface area contributed by atoms with E-state index in [1.54, 1.807) is 7.11 Å². The van der Waals surface area contributed by atoms with Gasteiger partial charge in [-0.1, -0.05) is 48.1 Å². The van der Waals surface area contributed by atoms with Gasteiger partial charge in [-0.2, -0.15) is 12.8 Å². The first-order valence-electron chi connectivity index (χ1n) is 10.7. The van der Waals surface area contributed by atoms with E-state index in [1.165, 1.54) is 0 Å². The van der Waals surface area contributed by atoms with E-state index in [9.17, 15) is 12.6 Å². The Bertz CT molecular complexity index is 1280. The highest BCUT2D eigenvalue weighted by atomic mass is 32.2. The molecule has 0 spiro atoms. The molecular formula is C25H31NO5S2. The van der Waals surface area contributed by atoms with Crippen molar-refractivity contribution in [1.82, 2.24) is 0 Å². The quantitative estimate of drug-likeness (QED) is 0.368. The van der Waals surface area contributed by atoms with E-state index in [4.69, 9.17) is 13.3 Å². The van der Waals surface area contributed by atoms with Crippen molar-refractivity contribution >= 4 is 25.5 Å². The van der Waals surface area contributed by atoms with Gasteiger partial charge in [-0.15, -0.1) is 0 Å². The Balaban J connectivity index is 2.21. The third-order valence-electron chi connectivity index (χ3n) is 5.40. The lowest BCUT2D eigenvalue weighted by Crippen LogP contribution is -2.28. The molecule has 0 amide bonds. The highest BCUT2D eigenvalue weighted by molar-refractivity contribution is 7.93. The van der Waals surface area contributed by atoms with Crippen molar-refractivity contribution in [1.29, 1.82) is 0 Å². The minimum Gasteiger partial charge on any atom is -0.494 e. The van der Waals surface area contributed by atoms with Crippen molar-refractivity contribution in [3.63, 3.8) is 0 Å². The summed E-state index contributed by atoms with van der Waals surface area (Å²) in [5.41, 5.74) is 3.52. The molecule has 0 saturated heterocycles. The summed E-state index contributed by atoms with van der Waals surface area (Å²) in [6.45, 7) is 5.87. The summed E-state index contributed by atoms with van der Waals surface area (Å²) in [7, 11) is -4.91. The van der Waals surface area contributed by atoms with Crippen molar-refractivity contribution in [2.75, 3.05) is 25.7 Å². The molecule has 8 heteroatoms. The molecule has 0 saturated carbocycles. The second kappa shape index (κ2) is 10.2. The molecule has 0 N–H and O–H groups in total. The Morgan fingerprint density at radius 2 is 1.94 bits per heavy atom. The summed E-state index contributed by atoms with van der Waals surface area (Å²) in [6.07, 6.45) is 6.81. The molecule has 1 aliphatic heterocycles. The second-order valence-corrected chi connectivity index (χ2v) is 12.4. The number of aryl methyl sites for hydroxylation is 1. The fraction of sp³-hybridized carbons (Fsp3) is 0.360. The van der Waals surface area contributed by atoms with Crippen LogP contribution in [0.5, 0.6) is 5.75 Å². The minimum atomic E-state index is -3.65. The maximum atomic E-state index is 14.2. The lowest BCUT2D eigenvalue weighted by molar-refractivity contribution is 0.267. The van der Waals surface area contributed by atoms with Gasteiger partial charge >= 0.3 is 0 Å². The van der Waals surface area contributed by atoms with Crippen molar-refractivity contribution in [2.24, 2.45) is 10.3 Å². The summed E-state index contributed by atoms with van der Waals surface area (Å²) >= 11 is 0. The lowest BCUT2D eigenvalue weighted by atomic mass is 9.85. The number of rotatable bonds is 8. The standard InChI is InChI=1S/C25H31NO5S2/c1-18(2)10-9-11-20(16-31-32(5,27)28)23-17-33(29,21-12-7-6-8-13-21)26-25-22(23)14-19(3)15-24(25)30-4/h6-15,20,23H,16-17H2,1-5H3/b11-9+/t20-,23-,33-/m1/s1. The van der Waals surface area contributed by atoms with Gasteiger partial charge < -0.3 is 4.74 Å². The largest absolute Gasteiger partial charge is 0.494 e. The SMILES string of the molecule is COc1cc(C)cc2c1N=[S@](=O)(c1ccccc1)C[C@@H]2[C@H](/C=C/C=C(C)C)COS(C)(=O)=O. The molecule has 0 fully saturated rings. The van der Waals surface area contributed by atoms with Crippen LogP contribution >= 0.6 is 0 Å². The summed E-state index contributed by atoms with van der Waals surface area (Å²) < 4.78 is 53.3. The number of ether oxygens (including phenoxy) is 1. The molecule has 6 nitrogen and oxygen atoms in total. The third-order valence-corrected chi connectivity index (χ3v) is 8.26. The van der Waals surface area contributed by atoms with E-state index < -0.39 is 19.8 Å². The maximum Gasteiger partial charge on any atom is 0.264 e. The van der Waals surface area contributed by atoms with Gasteiger partial charge in [-0.05, 0) is 50.1 Å². The van der Waals surface area contributed by atoms with Gasteiger partial charge in [-0.3, -0.25) is 4.18 Å². The monoisotopic (exact) mass is 489 g/mol. The van der Waals surface area contributed by atoms with Crippen LogP contribution in [0.4, 0.5) is 5.69 Å².